The van der Waals surface area contributed by atoms with E-state index in [1.807, 2.05) is 17.8 Å². The normalized spacial score (nSPS) is 12.7. The van der Waals surface area contributed by atoms with Gasteiger partial charge in [0.2, 0.25) is 0 Å². The van der Waals surface area contributed by atoms with Crippen molar-refractivity contribution < 1.29 is 9.90 Å². The number of hydrogen-bond donors (Lipinski definition) is 2. The number of carboxylic acids is 1. The van der Waals surface area contributed by atoms with E-state index in [2.05, 4.69) is 34.1 Å². The van der Waals surface area contributed by atoms with Crippen molar-refractivity contribution in [1.29, 1.82) is 0 Å². The molecular formula is C16H19N5O2S. The summed E-state index contributed by atoms with van der Waals surface area (Å²) in [5, 5.41) is 13.5. The lowest BCUT2D eigenvalue weighted by atomic mass is 10.0. The standard InChI is InChI=1S/C16H19N5O2S/c1-8(2)11(14-17-5-6-21(14)4)20-13-10-9(3)12(16(22)23)24-15(10)19-7-18-13/h5-8,11H,1-4H3,(H,22,23)(H,18,19,20). The Balaban J connectivity index is 2.09. The number of fused-ring (bicyclic) bond motifs is 1. The second kappa shape index (κ2) is 6.20. The fourth-order valence-corrected chi connectivity index (χ4v) is 3.73. The maximum absolute atomic E-state index is 11.4. The second-order valence-electron chi connectivity index (χ2n) is 6.03. The van der Waals surface area contributed by atoms with Crippen LogP contribution in [0.1, 0.15) is 40.9 Å². The molecule has 0 saturated heterocycles. The van der Waals surface area contributed by atoms with E-state index in [0.29, 0.717) is 21.1 Å². The molecule has 7 nitrogen and oxygen atoms in total. The van der Waals surface area contributed by atoms with Crippen LogP contribution in [0, 0.1) is 12.8 Å². The number of nitrogens with zero attached hydrogens (tertiary/aromatic N) is 4. The van der Waals surface area contributed by atoms with Crippen LogP contribution in [0.5, 0.6) is 0 Å². The van der Waals surface area contributed by atoms with Crippen LogP contribution in [0.2, 0.25) is 0 Å². The third kappa shape index (κ3) is 2.73. The van der Waals surface area contributed by atoms with Gasteiger partial charge in [0.15, 0.2) is 0 Å². The van der Waals surface area contributed by atoms with Crippen LogP contribution in [-0.2, 0) is 7.05 Å². The topological polar surface area (TPSA) is 92.9 Å². The average Bonchev–Trinajstić information content (AvgIpc) is 3.09. The molecule has 0 radical (unpaired) electrons. The molecule has 1 unspecified atom stereocenters. The molecule has 3 rings (SSSR count). The monoisotopic (exact) mass is 345 g/mol. The molecule has 0 aromatic carbocycles. The highest BCUT2D eigenvalue weighted by Crippen LogP contribution is 2.35. The Labute approximate surface area is 143 Å². The van der Waals surface area contributed by atoms with E-state index in [4.69, 9.17) is 0 Å². The maximum Gasteiger partial charge on any atom is 0.346 e. The van der Waals surface area contributed by atoms with Crippen molar-refractivity contribution in [2.45, 2.75) is 26.8 Å². The van der Waals surface area contributed by atoms with Crippen LogP contribution in [-0.4, -0.2) is 30.6 Å². The first kappa shape index (κ1) is 16.4. The third-order valence-electron chi connectivity index (χ3n) is 4.02. The van der Waals surface area contributed by atoms with Crippen LogP contribution in [0.25, 0.3) is 10.2 Å². The minimum atomic E-state index is -0.939. The van der Waals surface area contributed by atoms with Crippen LogP contribution in [0.15, 0.2) is 18.7 Å². The van der Waals surface area contributed by atoms with Gasteiger partial charge in [0.1, 0.15) is 27.7 Å². The molecule has 0 fully saturated rings. The smallest absolute Gasteiger partial charge is 0.346 e. The molecule has 0 aliphatic carbocycles. The molecule has 3 aromatic heterocycles. The number of anilines is 1. The molecule has 2 N–H and O–H groups in total. The van der Waals surface area contributed by atoms with Crippen molar-refractivity contribution in [2.24, 2.45) is 13.0 Å². The minimum Gasteiger partial charge on any atom is -0.477 e. The Morgan fingerprint density at radius 2 is 2.08 bits per heavy atom. The van der Waals surface area contributed by atoms with Gasteiger partial charge < -0.3 is 15.0 Å². The second-order valence-corrected chi connectivity index (χ2v) is 7.03. The average molecular weight is 345 g/mol. The lowest BCUT2D eigenvalue weighted by molar-refractivity contribution is 0.0701. The van der Waals surface area contributed by atoms with Gasteiger partial charge in [0, 0.05) is 19.4 Å². The number of aryl methyl sites for hydroxylation is 2. The summed E-state index contributed by atoms with van der Waals surface area (Å²) in [6.07, 6.45) is 5.13. The Morgan fingerprint density at radius 3 is 2.67 bits per heavy atom. The van der Waals surface area contributed by atoms with Gasteiger partial charge in [0.25, 0.3) is 0 Å². The third-order valence-corrected chi connectivity index (χ3v) is 5.20. The van der Waals surface area contributed by atoms with E-state index >= 15 is 0 Å². The molecule has 0 spiro atoms. The Morgan fingerprint density at radius 1 is 1.33 bits per heavy atom. The summed E-state index contributed by atoms with van der Waals surface area (Å²) in [4.78, 5) is 25.4. The summed E-state index contributed by atoms with van der Waals surface area (Å²) in [6, 6.07) is -0.0457. The molecule has 1 atom stereocenters. The molecule has 0 aliphatic rings. The van der Waals surface area contributed by atoms with Crippen molar-refractivity contribution in [3.63, 3.8) is 0 Å². The molecule has 0 amide bonds. The summed E-state index contributed by atoms with van der Waals surface area (Å²) in [5.41, 5.74) is 0.688. The number of aromatic carboxylic acids is 1. The van der Waals surface area contributed by atoms with E-state index in [-0.39, 0.29) is 12.0 Å². The number of rotatable bonds is 5. The first-order valence-corrected chi connectivity index (χ1v) is 8.43. The number of thiophene rings is 1. The molecule has 0 aliphatic heterocycles. The number of hydrogen-bond acceptors (Lipinski definition) is 6. The molecule has 0 saturated carbocycles. The number of carbonyl (C=O) groups is 1. The number of imidazole rings is 1. The van der Waals surface area contributed by atoms with E-state index in [0.717, 1.165) is 11.2 Å². The van der Waals surface area contributed by atoms with Gasteiger partial charge in [0.05, 0.1) is 11.4 Å². The lowest BCUT2D eigenvalue weighted by Crippen LogP contribution is -2.21. The van der Waals surface area contributed by atoms with E-state index in [1.165, 1.54) is 17.7 Å². The van der Waals surface area contributed by atoms with Gasteiger partial charge in [-0.25, -0.2) is 19.7 Å². The maximum atomic E-state index is 11.4. The van der Waals surface area contributed by atoms with E-state index in [9.17, 15) is 9.90 Å². The first-order valence-electron chi connectivity index (χ1n) is 7.61. The summed E-state index contributed by atoms with van der Waals surface area (Å²) in [7, 11) is 1.95. The van der Waals surface area contributed by atoms with Gasteiger partial charge in [-0.05, 0) is 18.4 Å². The highest BCUT2D eigenvalue weighted by atomic mass is 32.1. The van der Waals surface area contributed by atoms with E-state index in [1.54, 1.807) is 13.1 Å². The Hall–Kier alpha value is -2.48. The van der Waals surface area contributed by atoms with Gasteiger partial charge in [-0.3, -0.25) is 0 Å². The summed E-state index contributed by atoms with van der Waals surface area (Å²) in [6.45, 7) is 6.00. The largest absolute Gasteiger partial charge is 0.477 e. The molecule has 24 heavy (non-hydrogen) atoms. The zero-order chi connectivity index (χ0) is 17.4. The Kier molecular flexibility index (Phi) is 4.23. The lowest BCUT2D eigenvalue weighted by Gasteiger charge is -2.23. The van der Waals surface area contributed by atoms with Crippen molar-refractivity contribution >= 4 is 33.3 Å². The van der Waals surface area contributed by atoms with Crippen LogP contribution < -0.4 is 5.32 Å². The van der Waals surface area contributed by atoms with Crippen LogP contribution in [0.4, 0.5) is 5.82 Å². The number of carboxylic acid groups (broad SMARTS) is 1. The molecule has 126 valence electrons. The van der Waals surface area contributed by atoms with Crippen molar-refractivity contribution in [1.82, 2.24) is 19.5 Å². The Bertz CT molecular complexity index is 899. The fourth-order valence-electron chi connectivity index (χ4n) is 2.74. The molecule has 8 heteroatoms. The zero-order valence-corrected chi connectivity index (χ0v) is 14.8. The summed E-state index contributed by atoms with van der Waals surface area (Å²) in [5.74, 6) is 0.881. The van der Waals surface area contributed by atoms with Gasteiger partial charge >= 0.3 is 5.97 Å². The number of aromatic nitrogens is 4. The van der Waals surface area contributed by atoms with Crippen molar-refractivity contribution in [3.05, 3.63) is 35.0 Å². The highest BCUT2D eigenvalue weighted by molar-refractivity contribution is 7.20. The molecular weight excluding hydrogens is 326 g/mol. The van der Waals surface area contributed by atoms with Gasteiger partial charge in [-0.15, -0.1) is 11.3 Å². The van der Waals surface area contributed by atoms with Crippen LogP contribution >= 0.6 is 11.3 Å². The molecule has 0 bridgehead atoms. The summed E-state index contributed by atoms with van der Waals surface area (Å²) < 4.78 is 1.97. The summed E-state index contributed by atoms with van der Waals surface area (Å²) >= 11 is 1.17. The SMILES string of the molecule is Cc1c(C(=O)O)sc2ncnc(NC(c3nccn3C)C(C)C)c12. The van der Waals surface area contributed by atoms with Gasteiger partial charge in [-0.1, -0.05) is 13.8 Å². The zero-order valence-electron chi connectivity index (χ0n) is 13.9. The first-order chi connectivity index (χ1) is 11.4. The molecule has 3 heterocycles. The number of nitrogens with one attached hydrogen (secondary N) is 1. The minimum absolute atomic E-state index is 0.0457. The van der Waals surface area contributed by atoms with Crippen molar-refractivity contribution in [2.75, 3.05) is 5.32 Å². The highest BCUT2D eigenvalue weighted by Gasteiger charge is 2.24. The fraction of sp³-hybridized carbons (Fsp3) is 0.375. The predicted octanol–water partition coefficient (Wildman–Crippen LogP) is 3.24. The predicted molar refractivity (Wildman–Crippen MR) is 93.5 cm³/mol. The van der Waals surface area contributed by atoms with Crippen molar-refractivity contribution in [3.8, 4) is 0 Å². The van der Waals surface area contributed by atoms with Gasteiger partial charge in [-0.2, -0.15) is 0 Å². The quantitative estimate of drug-likeness (QED) is 0.737. The van der Waals surface area contributed by atoms with E-state index < -0.39 is 5.97 Å². The van der Waals surface area contributed by atoms with Crippen LogP contribution in [0.3, 0.4) is 0 Å². The molecule has 3 aromatic rings.